The Morgan fingerprint density at radius 3 is 1.62 bits per heavy atom. The smallest absolute Gasteiger partial charge is 0.297 e. The van der Waals surface area contributed by atoms with Gasteiger partial charge in [-0.2, -0.15) is 0 Å². The molecule has 9 aromatic rings. The first-order valence-corrected chi connectivity index (χ1v) is 21.7. The lowest BCUT2D eigenvalue weighted by Gasteiger charge is -2.39. The summed E-state index contributed by atoms with van der Waals surface area (Å²) in [6.07, 6.45) is 0. The number of para-hydroxylation sites is 2. The van der Waals surface area contributed by atoms with Crippen LogP contribution in [0.25, 0.3) is 38.5 Å². The van der Waals surface area contributed by atoms with Gasteiger partial charge in [-0.3, -0.25) is 0 Å². The van der Waals surface area contributed by atoms with Gasteiger partial charge in [-0.1, -0.05) is 156 Å². The minimum Gasteiger partial charge on any atom is -0.468 e. The second-order valence-corrected chi connectivity index (χ2v) is 21.0. The van der Waals surface area contributed by atoms with Crippen LogP contribution in [0, 0.1) is 0 Å². The van der Waals surface area contributed by atoms with Crippen molar-refractivity contribution in [2.24, 2.45) is 0 Å². The lowest BCUT2D eigenvalue weighted by atomic mass is 9.36. The maximum absolute atomic E-state index is 10.0. The zero-order valence-electron chi connectivity index (χ0n) is 60.5. The largest absolute Gasteiger partial charge is 0.468 e. The average molecular weight is 872 g/mol. The highest BCUT2D eigenvalue weighted by Crippen LogP contribution is 2.48. The molecule has 65 heavy (non-hydrogen) atoms. The van der Waals surface area contributed by atoms with E-state index in [1.165, 1.54) is 21.6 Å². The second kappa shape index (κ2) is 14.0. The van der Waals surface area contributed by atoms with Gasteiger partial charge < -0.3 is 18.8 Å². The number of furan rings is 1. The number of anilines is 6. The minimum atomic E-state index is -1.55. The van der Waals surface area contributed by atoms with Gasteiger partial charge >= 0.3 is 0 Å². The van der Waals surface area contributed by atoms with Crippen LogP contribution in [0.2, 0.25) is 0 Å². The summed E-state index contributed by atoms with van der Waals surface area (Å²) in [5.74, 6) is 0. The first-order chi connectivity index (χ1) is 40.0. The minimum absolute atomic E-state index is 0.000431. The summed E-state index contributed by atoms with van der Waals surface area (Å²) < 4.78 is 221. The second-order valence-electron chi connectivity index (χ2n) is 21.0. The zero-order chi connectivity index (χ0) is 64.7. The fraction of sp³-hybridized carbons (Fsp3) is 0.267. The Morgan fingerprint density at radius 1 is 0.508 bits per heavy atom. The number of hydrogen-bond acceptors (Lipinski definition) is 3. The molecule has 0 unspecified atom stereocenters. The number of aromatic nitrogens is 1. The molecular weight excluding hydrogens is 789 g/mol. The molecule has 0 aliphatic carbocycles. The summed E-state index contributed by atoms with van der Waals surface area (Å²) in [6.45, 7) is 18.9. The first-order valence-electron chi connectivity index (χ1n) is 32.7. The van der Waals surface area contributed by atoms with Gasteiger partial charge in [0.15, 0.2) is 0 Å². The lowest BCUT2D eigenvalue weighted by Crippen LogP contribution is -2.60. The van der Waals surface area contributed by atoms with Crippen LogP contribution in [0.1, 0.15) is 135 Å². The van der Waals surface area contributed by atoms with Gasteiger partial charge in [0.05, 0.1) is 52.7 Å². The van der Waals surface area contributed by atoms with Gasteiger partial charge in [0, 0.05) is 50.1 Å². The molecule has 0 saturated heterocycles. The molecule has 4 nitrogen and oxygen atoms in total. The van der Waals surface area contributed by atoms with E-state index in [1.54, 1.807) is 83.1 Å². The summed E-state index contributed by atoms with van der Waals surface area (Å²) in [5.41, 5.74) is -7.62. The number of hydrogen-bond donors (Lipinski definition) is 0. The maximum atomic E-state index is 10.0. The monoisotopic (exact) mass is 872 g/mol. The molecule has 324 valence electrons. The number of rotatable bonds is 4. The van der Waals surface area contributed by atoms with Crippen LogP contribution >= 0.6 is 0 Å². The van der Waals surface area contributed by atoms with E-state index in [9.17, 15) is 27.4 Å². The zero-order valence-corrected chi connectivity index (χ0v) is 38.5. The summed E-state index contributed by atoms with van der Waals surface area (Å²) in [7, 11) is 0. The van der Waals surface area contributed by atoms with Crippen LogP contribution in [0.5, 0.6) is 0 Å². The Balaban J connectivity index is 1.50. The third kappa shape index (κ3) is 6.48. The molecule has 4 heterocycles. The third-order valence-corrected chi connectivity index (χ3v) is 12.1. The van der Waals surface area contributed by atoms with E-state index in [0.29, 0.717) is 0 Å². The predicted molar refractivity (Wildman–Crippen MR) is 279 cm³/mol. The van der Waals surface area contributed by atoms with Gasteiger partial charge in [-0.15, -0.1) is 0 Å². The highest BCUT2D eigenvalue weighted by atomic mass is 16.3. The molecule has 2 aliphatic heterocycles. The van der Waals surface area contributed by atoms with E-state index >= 15 is 0 Å². The SMILES string of the molecule is [2H]c1c([2H])c(C(C)(C)C)c([2H])c([2H])c1N(c1cc2c3c(c1)-n1c4c([2H])c([2H])c(C(C)(C)C)c([2H])c4c4c([2H])c([2H])c([2H])c(c41)B3c1oc3c([2H])c([2H])c([2H])c([2H])c3c1N2c1c([2H])c([2H])c(C(C)(C)C)c([2H])c1[2H])c1c([2H])c([2H])c(C(C)(C)C)c([2H])c1[2H]. The molecule has 0 bridgehead atoms. The highest BCUT2D eigenvalue weighted by Gasteiger charge is 2.46. The van der Waals surface area contributed by atoms with E-state index in [0.717, 1.165) is 4.90 Å². The van der Waals surface area contributed by atoms with Gasteiger partial charge in [0.25, 0.3) is 6.71 Å². The Labute approximate surface area is 416 Å². The Bertz CT molecular complexity index is 4500. The molecule has 2 aromatic heterocycles. The fourth-order valence-corrected chi connectivity index (χ4v) is 8.67. The van der Waals surface area contributed by atoms with Crippen molar-refractivity contribution in [3.8, 4) is 5.69 Å². The molecule has 0 saturated carbocycles. The molecule has 0 amide bonds. The van der Waals surface area contributed by atoms with Crippen LogP contribution in [-0.4, -0.2) is 11.3 Å². The normalized spacial score (nSPS) is 18.5. The molecule has 2 aliphatic rings. The van der Waals surface area contributed by atoms with Crippen molar-refractivity contribution in [1.82, 2.24) is 4.57 Å². The van der Waals surface area contributed by atoms with Crippen molar-refractivity contribution >= 4 is 90.2 Å². The van der Waals surface area contributed by atoms with Gasteiger partial charge in [-0.05, 0) is 127 Å². The lowest BCUT2D eigenvalue weighted by molar-refractivity contribution is 0.590. The van der Waals surface area contributed by atoms with Crippen LogP contribution in [0.15, 0.2) is 149 Å². The van der Waals surface area contributed by atoms with Gasteiger partial charge in [0.2, 0.25) is 0 Å². The number of nitrogens with zero attached hydrogens (tertiary/aromatic N) is 3. The fourth-order valence-electron chi connectivity index (χ4n) is 8.67. The number of benzene rings is 7. The quantitative estimate of drug-likeness (QED) is 0.165. The molecule has 0 atom stereocenters. The van der Waals surface area contributed by atoms with Gasteiger partial charge in [0.1, 0.15) is 5.58 Å². The van der Waals surface area contributed by atoms with Crippen molar-refractivity contribution in [3.05, 3.63) is 167 Å². The predicted octanol–water partition coefficient (Wildman–Crippen LogP) is 14.8. The van der Waals surface area contributed by atoms with Crippen molar-refractivity contribution < 1.29 is 34.6 Å². The molecule has 0 radical (unpaired) electrons. The highest BCUT2D eigenvalue weighted by molar-refractivity contribution is 7.00. The molecule has 5 heteroatoms. The van der Waals surface area contributed by atoms with Crippen LogP contribution in [-0.2, 0) is 21.7 Å². The van der Waals surface area contributed by atoms with Crippen LogP contribution in [0.4, 0.5) is 34.1 Å². The van der Waals surface area contributed by atoms with Crippen molar-refractivity contribution in [3.63, 3.8) is 0 Å². The summed E-state index contributed by atoms with van der Waals surface area (Å²) in [6, 6.07) is -10.3. The number of fused-ring (bicyclic) bond motifs is 9. The van der Waals surface area contributed by atoms with Crippen molar-refractivity contribution in [2.75, 3.05) is 9.80 Å². The Kier molecular flexibility index (Phi) is 5.10. The van der Waals surface area contributed by atoms with Gasteiger partial charge in [-0.25, -0.2) is 0 Å². The summed E-state index contributed by atoms with van der Waals surface area (Å²) >= 11 is 0. The average Bonchev–Trinajstić information content (AvgIpc) is 1.57. The van der Waals surface area contributed by atoms with E-state index < -0.39 is 178 Å². The standard InChI is InChI=1S/C60H60BN3O/c1-57(2,3)37-20-27-41(28-21-37)62(42-29-22-38(23-30-42)58(4,5)6)44-35-50-53-51(36-44)64-49-33-26-40(60(10,11)12)34-47(49)45-17-15-18-48(54(45)64)61(53)56-55(46-16-13-14-19-52(46)65-56)63(50)43-31-24-39(25-32-43)59(7,8)9/h13-36H,1-12H3/i13D,14D,15D,16D,17D,18D,19D,20D,21D,22D,23D,24D,25D,26D,27D,28D,29D,30D,31D,32D,33D,34D. The first kappa shape index (κ1) is 23.6. The van der Waals surface area contributed by atoms with Crippen molar-refractivity contribution in [1.29, 1.82) is 0 Å². The molecule has 0 fully saturated rings. The topological polar surface area (TPSA) is 24.6 Å². The van der Waals surface area contributed by atoms with E-state index in [2.05, 4.69) is 0 Å². The van der Waals surface area contributed by atoms with E-state index in [-0.39, 0.29) is 94.8 Å². The van der Waals surface area contributed by atoms with Crippen LogP contribution in [0.3, 0.4) is 0 Å². The third-order valence-electron chi connectivity index (χ3n) is 12.1. The molecule has 0 N–H and O–H groups in total. The summed E-state index contributed by atoms with van der Waals surface area (Å²) in [5, 5.41) is -0.542. The molecule has 11 rings (SSSR count). The van der Waals surface area contributed by atoms with Crippen LogP contribution < -0.4 is 26.4 Å². The Hall–Kier alpha value is -6.46. The molecular formula is C60H60BN3O. The maximum Gasteiger partial charge on any atom is 0.297 e. The Morgan fingerprint density at radius 2 is 1.03 bits per heavy atom. The van der Waals surface area contributed by atoms with Crippen molar-refractivity contribution in [2.45, 2.75) is 105 Å². The summed E-state index contributed by atoms with van der Waals surface area (Å²) in [4.78, 5) is 2.23. The van der Waals surface area contributed by atoms with E-state index in [4.69, 9.17) is 7.16 Å². The molecule has 7 aromatic carbocycles. The van der Waals surface area contributed by atoms with E-state index in [1.807, 2.05) is 0 Å². The molecule has 0 spiro atoms.